The molecule has 0 aromatic heterocycles. The highest BCUT2D eigenvalue weighted by Gasteiger charge is 2.55. The van der Waals surface area contributed by atoms with E-state index in [-0.39, 0.29) is 25.5 Å². The highest BCUT2D eigenvalue weighted by molar-refractivity contribution is 5.77. The van der Waals surface area contributed by atoms with Crippen LogP contribution in [-0.2, 0) is 30.5 Å². The standard InChI is InChI=1S/C28H44N2O9/c1-3-4-5-6-7-8-12-15-23(34)29-17-22(33)25(35)26-24(30-19(2)31)21(32)16-28(39-26,27(36)37)38-18-20-13-10-9-11-14-20/h9-11,13-14,21-22,24-26,32-33,35H,3-8,12,15-18H2,1-2H3,(H,29,34)(H,30,31)(H,36,37)/t21-,22+,24+,25-,26+,28+/m0/s1. The van der Waals surface area contributed by atoms with E-state index in [1.807, 2.05) is 0 Å². The van der Waals surface area contributed by atoms with Crippen molar-refractivity contribution in [3.63, 3.8) is 0 Å². The van der Waals surface area contributed by atoms with Gasteiger partial charge in [-0.15, -0.1) is 0 Å². The van der Waals surface area contributed by atoms with Crippen LogP contribution in [0.5, 0.6) is 0 Å². The van der Waals surface area contributed by atoms with E-state index in [0.29, 0.717) is 12.0 Å². The number of aliphatic hydroxyl groups excluding tert-OH is 3. The summed E-state index contributed by atoms with van der Waals surface area (Å²) in [6.07, 6.45) is 0.751. The first kappa shape index (κ1) is 32.6. The third kappa shape index (κ3) is 10.5. The number of carboxylic acid groups (broad SMARTS) is 1. The Bertz CT molecular complexity index is 900. The van der Waals surface area contributed by atoms with Crippen molar-refractivity contribution in [2.75, 3.05) is 6.54 Å². The van der Waals surface area contributed by atoms with Gasteiger partial charge in [-0.2, -0.15) is 0 Å². The number of aliphatic hydroxyl groups is 3. The van der Waals surface area contributed by atoms with E-state index in [2.05, 4.69) is 17.6 Å². The SMILES string of the molecule is CCCCCCCCCC(=O)NC[C@@H](O)[C@H](O)[C@@H]1O[C@@](OCc2ccccc2)(C(=O)O)C[C@H](O)[C@H]1NC(C)=O. The van der Waals surface area contributed by atoms with Crippen molar-refractivity contribution in [3.8, 4) is 0 Å². The molecule has 220 valence electrons. The summed E-state index contributed by atoms with van der Waals surface area (Å²) in [5.74, 6) is -4.72. The van der Waals surface area contributed by atoms with Crippen LogP contribution in [-0.4, -0.2) is 81.0 Å². The molecule has 6 atom stereocenters. The molecule has 2 amide bonds. The molecular weight excluding hydrogens is 508 g/mol. The molecule has 11 heteroatoms. The van der Waals surface area contributed by atoms with Gasteiger partial charge in [0, 0.05) is 26.3 Å². The summed E-state index contributed by atoms with van der Waals surface area (Å²) >= 11 is 0. The zero-order chi connectivity index (χ0) is 28.8. The third-order valence-corrected chi connectivity index (χ3v) is 6.83. The van der Waals surface area contributed by atoms with Crippen LogP contribution in [0.2, 0.25) is 0 Å². The lowest BCUT2D eigenvalue weighted by Gasteiger charge is -2.46. The van der Waals surface area contributed by atoms with E-state index in [0.717, 1.165) is 19.3 Å². The van der Waals surface area contributed by atoms with Gasteiger partial charge < -0.3 is 40.5 Å². The van der Waals surface area contributed by atoms with Gasteiger partial charge in [-0.25, -0.2) is 4.79 Å². The molecule has 0 radical (unpaired) electrons. The zero-order valence-electron chi connectivity index (χ0n) is 22.9. The number of carbonyl (C=O) groups is 3. The van der Waals surface area contributed by atoms with Crippen LogP contribution in [0.4, 0.5) is 0 Å². The molecule has 0 bridgehead atoms. The number of aliphatic carboxylic acids is 1. The van der Waals surface area contributed by atoms with Crippen molar-refractivity contribution in [2.45, 2.75) is 114 Å². The number of hydrogen-bond donors (Lipinski definition) is 6. The van der Waals surface area contributed by atoms with E-state index in [1.165, 1.54) is 26.2 Å². The Balaban J connectivity index is 2.02. The number of nitrogens with one attached hydrogen (secondary N) is 2. The molecule has 11 nitrogen and oxygen atoms in total. The van der Waals surface area contributed by atoms with Gasteiger partial charge in [0.05, 0.1) is 24.9 Å². The summed E-state index contributed by atoms with van der Waals surface area (Å²) < 4.78 is 11.4. The van der Waals surface area contributed by atoms with E-state index in [9.17, 15) is 34.8 Å². The lowest BCUT2D eigenvalue weighted by molar-refractivity contribution is -0.314. The molecule has 1 aliphatic rings. The van der Waals surface area contributed by atoms with Gasteiger partial charge >= 0.3 is 5.97 Å². The van der Waals surface area contributed by atoms with Gasteiger partial charge in [0.2, 0.25) is 11.8 Å². The lowest BCUT2D eigenvalue weighted by atomic mass is 9.88. The van der Waals surface area contributed by atoms with Crippen LogP contribution in [0.15, 0.2) is 30.3 Å². The fourth-order valence-corrected chi connectivity index (χ4v) is 4.61. The normalized spacial score (nSPS) is 24.5. The summed E-state index contributed by atoms with van der Waals surface area (Å²) in [5.41, 5.74) is 0.654. The minimum absolute atomic E-state index is 0.162. The predicted octanol–water partition coefficient (Wildman–Crippen LogP) is 1.62. The van der Waals surface area contributed by atoms with Gasteiger partial charge in [-0.3, -0.25) is 9.59 Å². The van der Waals surface area contributed by atoms with Crippen molar-refractivity contribution < 1.29 is 44.3 Å². The van der Waals surface area contributed by atoms with Crippen LogP contribution in [0.25, 0.3) is 0 Å². The molecule has 1 aromatic rings. The minimum Gasteiger partial charge on any atom is -0.477 e. The molecule has 0 unspecified atom stereocenters. The topological polar surface area (TPSA) is 175 Å². The molecule has 1 saturated heterocycles. The molecule has 1 fully saturated rings. The molecule has 1 heterocycles. The number of carboxylic acids is 1. The van der Waals surface area contributed by atoms with Crippen molar-refractivity contribution in [3.05, 3.63) is 35.9 Å². The number of benzene rings is 1. The average Bonchev–Trinajstić information content (AvgIpc) is 2.91. The Morgan fingerprint density at radius 1 is 1.08 bits per heavy atom. The summed E-state index contributed by atoms with van der Waals surface area (Å²) in [7, 11) is 0. The van der Waals surface area contributed by atoms with Gasteiger partial charge in [0.15, 0.2) is 0 Å². The number of hydrogen-bond acceptors (Lipinski definition) is 8. The summed E-state index contributed by atoms with van der Waals surface area (Å²) in [6.45, 7) is 2.86. The second kappa shape index (κ2) is 16.5. The van der Waals surface area contributed by atoms with E-state index in [1.54, 1.807) is 30.3 Å². The number of rotatable bonds is 17. The van der Waals surface area contributed by atoms with E-state index in [4.69, 9.17) is 9.47 Å². The van der Waals surface area contributed by atoms with Gasteiger partial charge in [-0.1, -0.05) is 75.8 Å². The Morgan fingerprint density at radius 3 is 2.33 bits per heavy atom. The second-order valence-corrected chi connectivity index (χ2v) is 10.1. The fourth-order valence-electron chi connectivity index (χ4n) is 4.61. The summed E-state index contributed by atoms with van der Waals surface area (Å²) in [6, 6.07) is 7.50. The van der Waals surface area contributed by atoms with Crippen molar-refractivity contribution >= 4 is 17.8 Å². The third-order valence-electron chi connectivity index (χ3n) is 6.83. The zero-order valence-corrected chi connectivity index (χ0v) is 22.9. The molecule has 1 aromatic carbocycles. The maximum atomic E-state index is 12.3. The molecular formula is C28H44N2O9. The highest BCUT2D eigenvalue weighted by Crippen LogP contribution is 2.34. The first-order chi connectivity index (χ1) is 18.6. The molecule has 6 N–H and O–H groups in total. The molecule has 1 aliphatic heterocycles. The van der Waals surface area contributed by atoms with E-state index >= 15 is 0 Å². The van der Waals surface area contributed by atoms with Crippen molar-refractivity contribution in [1.82, 2.24) is 10.6 Å². The number of ether oxygens (including phenoxy) is 2. The molecule has 39 heavy (non-hydrogen) atoms. The fraction of sp³-hybridized carbons (Fsp3) is 0.679. The van der Waals surface area contributed by atoms with Crippen molar-refractivity contribution in [1.29, 1.82) is 0 Å². The van der Waals surface area contributed by atoms with E-state index < -0.39 is 54.5 Å². The minimum atomic E-state index is -2.35. The number of carbonyl (C=O) groups excluding carboxylic acids is 2. The van der Waals surface area contributed by atoms with Crippen LogP contribution in [0, 0.1) is 0 Å². The maximum absolute atomic E-state index is 12.3. The number of unbranched alkanes of at least 4 members (excludes halogenated alkanes) is 6. The van der Waals surface area contributed by atoms with Crippen LogP contribution in [0.3, 0.4) is 0 Å². The van der Waals surface area contributed by atoms with Gasteiger partial charge in [0.25, 0.3) is 5.79 Å². The Labute approximate surface area is 229 Å². The Morgan fingerprint density at radius 2 is 1.72 bits per heavy atom. The average molecular weight is 553 g/mol. The van der Waals surface area contributed by atoms with Crippen LogP contribution in [0.1, 0.15) is 77.2 Å². The predicted molar refractivity (Wildman–Crippen MR) is 142 cm³/mol. The van der Waals surface area contributed by atoms with Gasteiger partial charge in [-0.05, 0) is 12.0 Å². The highest BCUT2D eigenvalue weighted by atomic mass is 16.7. The maximum Gasteiger partial charge on any atom is 0.364 e. The first-order valence-corrected chi connectivity index (χ1v) is 13.8. The summed E-state index contributed by atoms with van der Waals surface area (Å²) in [4.78, 5) is 36.3. The quantitative estimate of drug-likeness (QED) is 0.157. The van der Waals surface area contributed by atoms with Gasteiger partial charge in [0.1, 0.15) is 12.2 Å². The smallest absolute Gasteiger partial charge is 0.364 e. The molecule has 2 rings (SSSR count). The molecule has 0 saturated carbocycles. The number of amides is 2. The lowest BCUT2D eigenvalue weighted by Crippen LogP contribution is -2.68. The molecule has 0 aliphatic carbocycles. The molecule has 0 spiro atoms. The Hall–Kier alpha value is -2.57. The second-order valence-electron chi connectivity index (χ2n) is 10.1. The monoisotopic (exact) mass is 552 g/mol. The first-order valence-electron chi connectivity index (χ1n) is 13.8. The van der Waals surface area contributed by atoms with Crippen molar-refractivity contribution in [2.24, 2.45) is 0 Å². The Kier molecular flexibility index (Phi) is 13.8. The largest absolute Gasteiger partial charge is 0.477 e. The van der Waals surface area contributed by atoms with Crippen LogP contribution >= 0.6 is 0 Å². The van der Waals surface area contributed by atoms with Crippen LogP contribution < -0.4 is 10.6 Å². The summed E-state index contributed by atoms with van der Waals surface area (Å²) in [5, 5.41) is 47.4.